The van der Waals surface area contributed by atoms with E-state index in [9.17, 15) is 0 Å². The van der Waals surface area contributed by atoms with Gasteiger partial charge in [0.05, 0.1) is 0 Å². The van der Waals surface area contributed by atoms with Crippen LogP contribution in [0.5, 0.6) is 0 Å². The third-order valence-electron chi connectivity index (χ3n) is 4.22. The molecule has 1 aliphatic heterocycles. The highest BCUT2D eigenvalue weighted by Crippen LogP contribution is 2.33. The molecule has 0 radical (unpaired) electrons. The van der Waals surface area contributed by atoms with Crippen molar-refractivity contribution >= 4 is 0 Å². The van der Waals surface area contributed by atoms with Gasteiger partial charge < -0.3 is 10.2 Å². The van der Waals surface area contributed by atoms with Crippen molar-refractivity contribution in [2.75, 3.05) is 19.6 Å². The molecule has 94 valence electrons. The molecule has 0 aromatic carbocycles. The van der Waals surface area contributed by atoms with Gasteiger partial charge in [0.2, 0.25) is 0 Å². The number of likely N-dealkylation sites (tertiary alicyclic amines) is 1. The standard InChI is InChI=1S/C14H28N2/c1-3-8-15-14-7-10-16(12(2)11-14)9-6-13-4-5-13/h12-15H,3-11H2,1-2H3. The minimum Gasteiger partial charge on any atom is -0.314 e. The number of hydrogen-bond donors (Lipinski definition) is 1. The van der Waals surface area contributed by atoms with Crippen LogP contribution in [0.25, 0.3) is 0 Å². The second-order valence-electron chi connectivity index (χ2n) is 5.79. The summed E-state index contributed by atoms with van der Waals surface area (Å²) in [6.45, 7) is 8.52. The van der Waals surface area contributed by atoms with E-state index in [1.165, 1.54) is 58.2 Å². The molecule has 1 heterocycles. The molecule has 0 aromatic heterocycles. The minimum absolute atomic E-state index is 0.784. The normalized spacial score (nSPS) is 31.9. The zero-order valence-electron chi connectivity index (χ0n) is 11.0. The molecule has 2 unspecified atom stereocenters. The van der Waals surface area contributed by atoms with Gasteiger partial charge in [-0.1, -0.05) is 19.8 Å². The van der Waals surface area contributed by atoms with Crippen molar-refractivity contribution in [3.8, 4) is 0 Å². The minimum atomic E-state index is 0.784. The Morgan fingerprint density at radius 1 is 1.25 bits per heavy atom. The lowest BCUT2D eigenvalue weighted by Crippen LogP contribution is -2.47. The molecule has 2 fully saturated rings. The van der Waals surface area contributed by atoms with Gasteiger partial charge in [0, 0.05) is 12.1 Å². The van der Waals surface area contributed by atoms with Gasteiger partial charge in [-0.3, -0.25) is 0 Å². The third-order valence-corrected chi connectivity index (χ3v) is 4.22. The van der Waals surface area contributed by atoms with E-state index in [2.05, 4.69) is 24.1 Å². The Balaban J connectivity index is 1.65. The van der Waals surface area contributed by atoms with Crippen LogP contribution in [-0.4, -0.2) is 36.6 Å². The molecular formula is C14H28N2. The quantitative estimate of drug-likeness (QED) is 0.746. The van der Waals surface area contributed by atoms with Crippen molar-refractivity contribution < 1.29 is 0 Å². The van der Waals surface area contributed by atoms with Crippen molar-refractivity contribution in [2.45, 2.75) is 64.5 Å². The summed E-state index contributed by atoms with van der Waals surface area (Å²) in [7, 11) is 0. The molecule has 16 heavy (non-hydrogen) atoms. The molecule has 0 aromatic rings. The number of piperidine rings is 1. The molecule has 0 amide bonds. The molecule has 0 spiro atoms. The first-order valence-corrected chi connectivity index (χ1v) is 7.27. The van der Waals surface area contributed by atoms with E-state index >= 15 is 0 Å². The van der Waals surface area contributed by atoms with Crippen LogP contribution >= 0.6 is 0 Å². The Labute approximate surface area is 101 Å². The Morgan fingerprint density at radius 3 is 2.69 bits per heavy atom. The highest BCUT2D eigenvalue weighted by molar-refractivity contribution is 4.84. The van der Waals surface area contributed by atoms with E-state index in [4.69, 9.17) is 0 Å². The van der Waals surface area contributed by atoms with Gasteiger partial charge in [0.1, 0.15) is 0 Å². The maximum absolute atomic E-state index is 3.67. The van der Waals surface area contributed by atoms with Crippen LogP contribution in [0.15, 0.2) is 0 Å². The maximum atomic E-state index is 3.67. The van der Waals surface area contributed by atoms with Gasteiger partial charge in [-0.05, 0) is 58.2 Å². The van der Waals surface area contributed by atoms with Crippen molar-refractivity contribution in [3.05, 3.63) is 0 Å². The van der Waals surface area contributed by atoms with Gasteiger partial charge in [-0.15, -0.1) is 0 Å². The second kappa shape index (κ2) is 6.02. The number of nitrogens with zero attached hydrogens (tertiary/aromatic N) is 1. The first-order valence-electron chi connectivity index (χ1n) is 7.27. The summed E-state index contributed by atoms with van der Waals surface area (Å²) in [6, 6.07) is 1.58. The second-order valence-corrected chi connectivity index (χ2v) is 5.79. The average Bonchev–Trinajstić information content (AvgIpc) is 3.09. The first-order chi connectivity index (χ1) is 7.79. The van der Waals surface area contributed by atoms with Gasteiger partial charge in [-0.25, -0.2) is 0 Å². The van der Waals surface area contributed by atoms with Crippen LogP contribution in [0, 0.1) is 5.92 Å². The molecule has 1 aliphatic carbocycles. The molecule has 2 nitrogen and oxygen atoms in total. The molecule has 2 rings (SSSR count). The fourth-order valence-corrected chi connectivity index (χ4v) is 2.84. The summed E-state index contributed by atoms with van der Waals surface area (Å²) >= 11 is 0. The Kier molecular flexibility index (Phi) is 4.66. The van der Waals surface area contributed by atoms with Crippen molar-refractivity contribution in [1.82, 2.24) is 10.2 Å². The predicted octanol–water partition coefficient (Wildman–Crippen LogP) is 2.64. The molecule has 2 atom stereocenters. The highest BCUT2D eigenvalue weighted by Gasteiger charge is 2.27. The maximum Gasteiger partial charge on any atom is 0.00940 e. The Bertz CT molecular complexity index is 201. The van der Waals surface area contributed by atoms with Crippen LogP contribution in [-0.2, 0) is 0 Å². The lowest BCUT2D eigenvalue weighted by Gasteiger charge is -2.38. The summed E-state index contributed by atoms with van der Waals surface area (Å²) in [5, 5.41) is 3.67. The summed E-state index contributed by atoms with van der Waals surface area (Å²) in [6.07, 6.45) is 8.43. The molecule has 2 aliphatic rings. The van der Waals surface area contributed by atoms with E-state index in [-0.39, 0.29) is 0 Å². The lowest BCUT2D eigenvalue weighted by atomic mass is 9.97. The summed E-state index contributed by atoms with van der Waals surface area (Å²) in [5.41, 5.74) is 0. The number of nitrogens with one attached hydrogen (secondary N) is 1. The van der Waals surface area contributed by atoms with Crippen molar-refractivity contribution in [2.24, 2.45) is 5.92 Å². The summed E-state index contributed by atoms with van der Waals surface area (Å²) in [5.74, 6) is 1.09. The van der Waals surface area contributed by atoms with Gasteiger partial charge in [-0.2, -0.15) is 0 Å². The van der Waals surface area contributed by atoms with E-state index < -0.39 is 0 Å². The lowest BCUT2D eigenvalue weighted by molar-refractivity contribution is 0.133. The van der Waals surface area contributed by atoms with E-state index in [1.807, 2.05) is 0 Å². The van der Waals surface area contributed by atoms with Gasteiger partial charge >= 0.3 is 0 Å². The van der Waals surface area contributed by atoms with Gasteiger partial charge in [0.25, 0.3) is 0 Å². The van der Waals surface area contributed by atoms with Crippen molar-refractivity contribution in [1.29, 1.82) is 0 Å². The molecule has 1 N–H and O–H groups in total. The van der Waals surface area contributed by atoms with Crippen LogP contribution in [0.2, 0.25) is 0 Å². The van der Waals surface area contributed by atoms with E-state index in [0.29, 0.717) is 0 Å². The van der Waals surface area contributed by atoms with Crippen molar-refractivity contribution in [3.63, 3.8) is 0 Å². The van der Waals surface area contributed by atoms with E-state index in [0.717, 1.165) is 18.0 Å². The predicted molar refractivity (Wildman–Crippen MR) is 69.7 cm³/mol. The zero-order chi connectivity index (χ0) is 11.4. The Morgan fingerprint density at radius 2 is 2.06 bits per heavy atom. The van der Waals surface area contributed by atoms with Crippen LogP contribution in [0.4, 0.5) is 0 Å². The Hall–Kier alpha value is -0.0800. The summed E-state index contributed by atoms with van der Waals surface area (Å²) in [4.78, 5) is 2.71. The third kappa shape index (κ3) is 3.74. The molecular weight excluding hydrogens is 196 g/mol. The topological polar surface area (TPSA) is 15.3 Å². The van der Waals surface area contributed by atoms with Crippen LogP contribution < -0.4 is 5.32 Å². The average molecular weight is 224 g/mol. The summed E-state index contributed by atoms with van der Waals surface area (Å²) < 4.78 is 0. The van der Waals surface area contributed by atoms with E-state index in [1.54, 1.807) is 0 Å². The SMILES string of the molecule is CCCNC1CCN(CCC2CC2)C(C)C1. The first kappa shape index (κ1) is 12.4. The molecule has 1 saturated carbocycles. The number of rotatable bonds is 6. The fourth-order valence-electron chi connectivity index (χ4n) is 2.84. The largest absolute Gasteiger partial charge is 0.314 e. The zero-order valence-corrected chi connectivity index (χ0v) is 11.0. The smallest absolute Gasteiger partial charge is 0.00940 e. The fraction of sp³-hybridized carbons (Fsp3) is 1.00. The number of hydrogen-bond acceptors (Lipinski definition) is 2. The van der Waals surface area contributed by atoms with Gasteiger partial charge in [0.15, 0.2) is 0 Å². The highest BCUT2D eigenvalue weighted by atomic mass is 15.2. The van der Waals surface area contributed by atoms with Crippen LogP contribution in [0.3, 0.4) is 0 Å². The molecule has 2 heteroatoms. The monoisotopic (exact) mass is 224 g/mol. The van der Waals surface area contributed by atoms with Crippen LogP contribution in [0.1, 0.15) is 52.4 Å². The molecule has 0 bridgehead atoms. The molecule has 1 saturated heterocycles.